The molecule has 5 N–H and O–H groups in total. The predicted octanol–water partition coefficient (Wildman–Crippen LogP) is 2.86. The van der Waals surface area contributed by atoms with Gasteiger partial charge in [-0.05, 0) is 49.4 Å². The van der Waals surface area contributed by atoms with Crippen molar-refractivity contribution in [3.05, 3.63) is 46.5 Å². The smallest absolute Gasteiger partial charge is 0.263 e. The highest BCUT2D eigenvalue weighted by Gasteiger charge is 2.52. The molecule has 0 bridgehead atoms. The fourth-order valence-corrected chi connectivity index (χ4v) is 6.76. The van der Waals surface area contributed by atoms with Crippen LogP contribution in [0, 0.1) is 12.8 Å². The van der Waals surface area contributed by atoms with Crippen LogP contribution in [0.5, 0.6) is 5.75 Å². The molecule has 0 unspecified atom stereocenters. The number of aryl methyl sites for hydroxylation is 1. The van der Waals surface area contributed by atoms with Gasteiger partial charge < -0.3 is 31.2 Å². The van der Waals surface area contributed by atoms with Crippen molar-refractivity contribution in [2.75, 3.05) is 36.9 Å². The van der Waals surface area contributed by atoms with E-state index in [2.05, 4.69) is 40.3 Å². The standard InChI is InChI=1S/C26H31N5O3S/c1-14-7-8-34-26(14)13-31(11-21(26)27)18-5-4-16-9-17(12-33-20(16)10-18)30-24(32)23-22(28)19-6-3-15(2)29-25(19)35-23/h3-6,10,14,17,21H,7-9,11-13,27-28H2,1-2H3,(H,30,32)/t14-,17+,21-,26-/m0/s1. The van der Waals surface area contributed by atoms with Gasteiger partial charge in [0.15, 0.2) is 0 Å². The first-order valence-electron chi connectivity index (χ1n) is 12.2. The van der Waals surface area contributed by atoms with Crippen LogP contribution in [0.3, 0.4) is 0 Å². The minimum Gasteiger partial charge on any atom is -0.491 e. The second-order valence-electron chi connectivity index (χ2n) is 10.1. The van der Waals surface area contributed by atoms with Crippen LogP contribution in [0.1, 0.15) is 34.3 Å². The maximum atomic E-state index is 13.0. The Labute approximate surface area is 208 Å². The van der Waals surface area contributed by atoms with Gasteiger partial charge >= 0.3 is 0 Å². The zero-order valence-electron chi connectivity index (χ0n) is 20.0. The summed E-state index contributed by atoms with van der Waals surface area (Å²) in [6.07, 6.45) is 1.76. The number of hydrogen-bond acceptors (Lipinski definition) is 8. The maximum Gasteiger partial charge on any atom is 0.263 e. The summed E-state index contributed by atoms with van der Waals surface area (Å²) in [7, 11) is 0. The number of hydrogen-bond donors (Lipinski definition) is 3. The maximum absolute atomic E-state index is 13.0. The summed E-state index contributed by atoms with van der Waals surface area (Å²) in [5, 5.41) is 3.92. The van der Waals surface area contributed by atoms with Gasteiger partial charge in [-0.3, -0.25) is 4.79 Å². The average Bonchev–Trinajstić information content (AvgIpc) is 3.49. The van der Waals surface area contributed by atoms with Crippen molar-refractivity contribution in [1.82, 2.24) is 10.3 Å². The number of fused-ring (bicyclic) bond motifs is 2. The Balaban J connectivity index is 1.15. The lowest BCUT2D eigenvalue weighted by Crippen LogP contribution is -2.50. The molecule has 2 aromatic heterocycles. The van der Waals surface area contributed by atoms with Crippen molar-refractivity contribution >= 4 is 38.8 Å². The molecule has 2 saturated heterocycles. The van der Waals surface area contributed by atoms with E-state index in [9.17, 15) is 4.79 Å². The average molecular weight is 494 g/mol. The van der Waals surface area contributed by atoms with E-state index in [0.29, 0.717) is 29.5 Å². The number of nitrogen functional groups attached to an aromatic ring is 1. The van der Waals surface area contributed by atoms with Crippen LogP contribution < -0.4 is 26.4 Å². The molecular weight excluding hydrogens is 462 g/mol. The summed E-state index contributed by atoms with van der Waals surface area (Å²) in [4.78, 5) is 21.1. The molecule has 1 amide bonds. The van der Waals surface area contributed by atoms with Crippen LogP contribution in [-0.4, -0.2) is 54.9 Å². The van der Waals surface area contributed by atoms with Gasteiger partial charge in [0.1, 0.15) is 27.7 Å². The van der Waals surface area contributed by atoms with Gasteiger partial charge in [0.2, 0.25) is 0 Å². The van der Waals surface area contributed by atoms with E-state index in [1.807, 2.05) is 19.1 Å². The number of nitrogens with two attached hydrogens (primary N) is 2. The lowest BCUT2D eigenvalue weighted by molar-refractivity contribution is -0.0108. The first kappa shape index (κ1) is 22.6. The van der Waals surface area contributed by atoms with Gasteiger partial charge in [-0.25, -0.2) is 4.98 Å². The third-order valence-electron chi connectivity index (χ3n) is 7.84. The number of pyridine rings is 1. The quantitative estimate of drug-likeness (QED) is 0.514. The van der Waals surface area contributed by atoms with Gasteiger partial charge in [-0.2, -0.15) is 0 Å². The van der Waals surface area contributed by atoms with Crippen LogP contribution in [0.2, 0.25) is 0 Å². The minimum atomic E-state index is -0.255. The molecule has 6 rings (SSSR count). The minimum absolute atomic E-state index is 0.00278. The molecule has 3 aromatic rings. The van der Waals surface area contributed by atoms with Crippen LogP contribution in [-0.2, 0) is 11.2 Å². The highest BCUT2D eigenvalue weighted by molar-refractivity contribution is 7.21. The van der Waals surface area contributed by atoms with Gasteiger partial charge in [-0.1, -0.05) is 13.0 Å². The molecule has 9 heteroatoms. The first-order valence-corrected chi connectivity index (χ1v) is 13.0. The van der Waals surface area contributed by atoms with Gasteiger partial charge in [-0.15, -0.1) is 11.3 Å². The topological polar surface area (TPSA) is 116 Å². The summed E-state index contributed by atoms with van der Waals surface area (Å²) in [5.41, 5.74) is 16.1. The largest absolute Gasteiger partial charge is 0.491 e. The molecule has 0 radical (unpaired) electrons. The summed E-state index contributed by atoms with van der Waals surface area (Å²) < 4.78 is 12.3. The zero-order chi connectivity index (χ0) is 24.3. The third kappa shape index (κ3) is 3.73. The molecule has 184 valence electrons. The Morgan fingerprint density at radius 3 is 2.97 bits per heavy atom. The number of ether oxygens (including phenoxy) is 2. The molecule has 4 atom stereocenters. The Hall–Kier alpha value is -2.88. The van der Waals surface area contributed by atoms with E-state index in [1.54, 1.807) is 0 Å². The van der Waals surface area contributed by atoms with E-state index >= 15 is 0 Å². The fraction of sp³-hybridized carbons (Fsp3) is 0.462. The molecule has 1 spiro atoms. The zero-order valence-corrected chi connectivity index (χ0v) is 20.9. The summed E-state index contributed by atoms with van der Waals surface area (Å²) in [5.74, 6) is 1.14. The highest BCUT2D eigenvalue weighted by Crippen LogP contribution is 2.41. The lowest BCUT2D eigenvalue weighted by atomic mass is 9.85. The molecule has 1 aromatic carbocycles. The Kier molecular flexibility index (Phi) is 5.39. The summed E-state index contributed by atoms with van der Waals surface area (Å²) >= 11 is 1.33. The second kappa shape index (κ2) is 8.36. The SMILES string of the molecule is Cc1ccc2c(N)c(C(=O)N[C@H]3COc4cc(N5C[C@H](N)[C@@]6(C5)OCC[C@@H]6C)ccc4C3)sc2n1. The van der Waals surface area contributed by atoms with E-state index in [-0.39, 0.29) is 23.6 Å². The Morgan fingerprint density at radius 2 is 2.17 bits per heavy atom. The molecule has 0 aliphatic carbocycles. The number of nitrogens with one attached hydrogen (secondary N) is 1. The second-order valence-corrected chi connectivity index (χ2v) is 11.1. The van der Waals surface area contributed by atoms with Crippen LogP contribution in [0.25, 0.3) is 10.2 Å². The molecule has 8 nitrogen and oxygen atoms in total. The van der Waals surface area contributed by atoms with E-state index in [0.717, 1.165) is 59.0 Å². The van der Waals surface area contributed by atoms with Gasteiger partial charge in [0, 0.05) is 42.5 Å². The van der Waals surface area contributed by atoms with Crippen molar-refractivity contribution in [3.8, 4) is 5.75 Å². The normalized spacial score (nSPS) is 27.9. The number of benzene rings is 1. The number of carbonyl (C=O) groups excluding carboxylic acids is 1. The number of carbonyl (C=O) groups is 1. The van der Waals surface area contributed by atoms with Gasteiger partial charge in [0.25, 0.3) is 5.91 Å². The molecule has 5 heterocycles. The molecule has 3 aliphatic rings. The van der Waals surface area contributed by atoms with E-state index in [1.165, 1.54) is 11.3 Å². The molecule has 0 saturated carbocycles. The van der Waals surface area contributed by atoms with Crippen LogP contribution in [0.4, 0.5) is 11.4 Å². The van der Waals surface area contributed by atoms with Crippen molar-refractivity contribution in [2.24, 2.45) is 11.7 Å². The third-order valence-corrected chi connectivity index (χ3v) is 8.95. The van der Waals surface area contributed by atoms with Crippen molar-refractivity contribution in [3.63, 3.8) is 0 Å². The van der Waals surface area contributed by atoms with E-state index < -0.39 is 0 Å². The van der Waals surface area contributed by atoms with Crippen molar-refractivity contribution < 1.29 is 14.3 Å². The van der Waals surface area contributed by atoms with Crippen LogP contribution in [0.15, 0.2) is 30.3 Å². The monoisotopic (exact) mass is 493 g/mol. The summed E-state index contributed by atoms with van der Waals surface area (Å²) in [6, 6.07) is 10.0. The number of nitrogens with zero attached hydrogens (tertiary/aromatic N) is 2. The number of aromatic nitrogens is 1. The van der Waals surface area contributed by atoms with Crippen LogP contribution >= 0.6 is 11.3 Å². The number of amides is 1. The van der Waals surface area contributed by atoms with E-state index in [4.69, 9.17) is 20.9 Å². The highest BCUT2D eigenvalue weighted by atomic mass is 32.1. The number of thiophene rings is 1. The molecule has 2 fully saturated rings. The Morgan fingerprint density at radius 1 is 1.31 bits per heavy atom. The summed E-state index contributed by atoms with van der Waals surface area (Å²) in [6.45, 7) is 6.94. The molecule has 35 heavy (non-hydrogen) atoms. The molecule has 3 aliphatic heterocycles. The fourth-order valence-electron chi connectivity index (χ4n) is 5.71. The first-order chi connectivity index (χ1) is 16.8. The Bertz CT molecular complexity index is 1310. The van der Waals surface area contributed by atoms with Gasteiger partial charge in [0.05, 0.1) is 17.8 Å². The van der Waals surface area contributed by atoms with Crippen molar-refractivity contribution in [2.45, 2.75) is 44.4 Å². The lowest BCUT2D eigenvalue weighted by Gasteiger charge is -2.32. The molecular formula is C26H31N5O3S. The number of anilines is 2. The number of rotatable bonds is 3. The van der Waals surface area contributed by atoms with Crippen molar-refractivity contribution in [1.29, 1.82) is 0 Å². The predicted molar refractivity (Wildman–Crippen MR) is 138 cm³/mol.